The van der Waals surface area contributed by atoms with Crippen LogP contribution in [-0.4, -0.2) is 0 Å². The molecule has 0 bridgehead atoms. The van der Waals surface area contributed by atoms with Gasteiger partial charge < -0.3 is 5.32 Å². The van der Waals surface area contributed by atoms with Gasteiger partial charge in [0, 0.05) is 12.2 Å². The highest BCUT2D eigenvalue weighted by Gasteiger charge is 2.30. The maximum absolute atomic E-state index is 12.6. The summed E-state index contributed by atoms with van der Waals surface area (Å²) in [6, 6.07) is 14.0. The highest BCUT2D eigenvalue weighted by Crippen LogP contribution is 2.30. The summed E-state index contributed by atoms with van der Waals surface area (Å²) in [5.41, 5.74) is 0.919. The van der Waals surface area contributed by atoms with Crippen LogP contribution in [0, 0.1) is 11.3 Å². The Morgan fingerprint density at radius 2 is 1.80 bits per heavy atom. The van der Waals surface area contributed by atoms with Gasteiger partial charge in [0.2, 0.25) is 0 Å². The number of nitriles is 1. The molecule has 0 aliphatic heterocycles. The molecule has 5 heteroatoms. The van der Waals surface area contributed by atoms with Crippen molar-refractivity contribution in [2.75, 3.05) is 5.32 Å². The fraction of sp³-hybridized carbons (Fsp3) is 0.133. The lowest BCUT2D eigenvalue weighted by Gasteiger charge is -2.11. The van der Waals surface area contributed by atoms with E-state index in [9.17, 15) is 13.2 Å². The molecule has 0 amide bonds. The van der Waals surface area contributed by atoms with Crippen molar-refractivity contribution in [3.05, 3.63) is 65.2 Å². The zero-order chi connectivity index (χ0) is 14.6. The van der Waals surface area contributed by atoms with Gasteiger partial charge in [-0.2, -0.15) is 18.4 Å². The second-order valence-electron chi connectivity index (χ2n) is 4.20. The lowest BCUT2D eigenvalue weighted by atomic mass is 10.1. The first-order valence-corrected chi connectivity index (χ1v) is 5.90. The van der Waals surface area contributed by atoms with Crippen LogP contribution in [-0.2, 0) is 12.7 Å². The molecule has 2 rings (SSSR count). The SMILES string of the molecule is N#Cc1ccccc1CNc1cccc(C(F)(F)F)c1. The monoisotopic (exact) mass is 276 g/mol. The predicted octanol–water partition coefficient (Wildman–Crippen LogP) is 4.19. The van der Waals surface area contributed by atoms with E-state index >= 15 is 0 Å². The van der Waals surface area contributed by atoms with E-state index in [4.69, 9.17) is 5.26 Å². The van der Waals surface area contributed by atoms with Crippen molar-refractivity contribution >= 4 is 5.69 Å². The number of halogens is 3. The van der Waals surface area contributed by atoms with Gasteiger partial charge >= 0.3 is 6.18 Å². The summed E-state index contributed by atoms with van der Waals surface area (Å²) in [6.45, 7) is 0.297. The number of rotatable bonds is 3. The Kier molecular flexibility index (Phi) is 3.94. The summed E-state index contributed by atoms with van der Waals surface area (Å²) in [4.78, 5) is 0. The molecular formula is C15H11F3N2. The van der Waals surface area contributed by atoms with Crippen LogP contribution in [0.25, 0.3) is 0 Å². The van der Waals surface area contributed by atoms with Gasteiger partial charge in [-0.15, -0.1) is 0 Å². The molecule has 0 aromatic heterocycles. The molecule has 2 aromatic carbocycles. The lowest BCUT2D eigenvalue weighted by molar-refractivity contribution is -0.137. The van der Waals surface area contributed by atoms with Crippen LogP contribution in [0.3, 0.4) is 0 Å². The molecule has 0 saturated heterocycles. The minimum absolute atomic E-state index is 0.297. The topological polar surface area (TPSA) is 35.8 Å². The van der Waals surface area contributed by atoms with E-state index in [2.05, 4.69) is 5.32 Å². The number of benzene rings is 2. The van der Waals surface area contributed by atoms with Crippen molar-refractivity contribution in [3.8, 4) is 6.07 Å². The molecule has 2 aromatic rings. The highest BCUT2D eigenvalue weighted by atomic mass is 19.4. The Labute approximate surface area is 114 Å². The molecule has 2 nitrogen and oxygen atoms in total. The third-order valence-corrected chi connectivity index (χ3v) is 2.81. The Morgan fingerprint density at radius 1 is 1.05 bits per heavy atom. The van der Waals surface area contributed by atoms with Gasteiger partial charge in [0.15, 0.2) is 0 Å². The predicted molar refractivity (Wildman–Crippen MR) is 69.9 cm³/mol. The van der Waals surface area contributed by atoms with Crippen molar-refractivity contribution in [1.29, 1.82) is 5.26 Å². The van der Waals surface area contributed by atoms with Crippen molar-refractivity contribution < 1.29 is 13.2 Å². The van der Waals surface area contributed by atoms with Gasteiger partial charge in [-0.1, -0.05) is 24.3 Å². The lowest BCUT2D eigenvalue weighted by Crippen LogP contribution is -2.06. The quantitative estimate of drug-likeness (QED) is 0.912. The van der Waals surface area contributed by atoms with Crippen LogP contribution in [0.15, 0.2) is 48.5 Å². The van der Waals surface area contributed by atoms with E-state index in [1.54, 1.807) is 30.3 Å². The van der Waals surface area contributed by atoms with E-state index < -0.39 is 11.7 Å². The van der Waals surface area contributed by atoms with E-state index in [-0.39, 0.29) is 0 Å². The summed E-state index contributed by atoms with van der Waals surface area (Å²) < 4.78 is 37.7. The normalized spacial score (nSPS) is 10.9. The Morgan fingerprint density at radius 3 is 2.50 bits per heavy atom. The van der Waals surface area contributed by atoms with Crippen LogP contribution in [0.5, 0.6) is 0 Å². The van der Waals surface area contributed by atoms with E-state index in [1.807, 2.05) is 6.07 Å². The molecule has 1 N–H and O–H groups in total. The minimum Gasteiger partial charge on any atom is -0.381 e. The van der Waals surface area contributed by atoms with Gasteiger partial charge in [-0.25, -0.2) is 0 Å². The van der Waals surface area contributed by atoms with Gasteiger partial charge in [-0.05, 0) is 29.8 Å². The van der Waals surface area contributed by atoms with Gasteiger partial charge in [0.1, 0.15) is 0 Å². The zero-order valence-corrected chi connectivity index (χ0v) is 10.4. The third kappa shape index (κ3) is 3.29. The van der Waals surface area contributed by atoms with Crippen molar-refractivity contribution in [1.82, 2.24) is 0 Å². The first kappa shape index (κ1) is 13.9. The van der Waals surface area contributed by atoms with Crippen LogP contribution in [0.2, 0.25) is 0 Å². The highest BCUT2D eigenvalue weighted by molar-refractivity contribution is 5.48. The molecule has 0 atom stereocenters. The first-order chi connectivity index (χ1) is 9.50. The summed E-state index contributed by atoms with van der Waals surface area (Å²) >= 11 is 0. The summed E-state index contributed by atoms with van der Waals surface area (Å²) in [5.74, 6) is 0. The largest absolute Gasteiger partial charge is 0.416 e. The average molecular weight is 276 g/mol. The van der Waals surface area contributed by atoms with E-state index in [1.165, 1.54) is 6.07 Å². The standard InChI is InChI=1S/C15H11F3N2/c16-15(17,18)13-6-3-7-14(8-13)20-10-12-5-2-1-4-11(12)9-19/h1-8,20H,10H2. The van der Waals surface area contributed by atoms with Crippen molar-refractivity contribution in [2.45, 2.75) is 12.7 Å². The number of alkyl halides is 3. The van der Waals surface area contributed by atoms with E-state index in [0.29, 0.717) is 17.8 Å². The van der Waals surface area contributed by atoms with Gasteiger partial charge in [0.25, 0.3) is 0 Å². The average Bonchev–Trinajstić information content (AvgIpc) is 2.45. The molecule has 0 spiro atoms. The maximum Gasteiger partial charge on any atom is 0.416 e. The van der Waals surface area contributed by atoms with Gasteiger partial charge in [0.05, 0.1) is 17.2 Å². The molecular weight excluding hydrogens is 265 g/mol. The fourth-order valence-electron chi connectivity index (χ4n) is 1.79. The molecule has 20 heavy (non-hydrogen) atoms. The zero-order valence-electron chi connectivity index (χ0n) is 10.4. The Hall–Kier alpha value is -2.48. The Balaban J connectivity index is 2.14. The summed E-state index contributed by atoms with van der Waals surface area (Å²) in [5, 5.41) is 11.8. The maximum atomic E-state index is 12.6. The fourth-order valence-corrected chi connectivity index (χ4v) is 1.79. The number of hydrogen-bond donors (Lipinski definition) is 1. The molecule has 0 unspecified atom stereocenters. The third-order valence-electron chi connectivity index (χ3n) is 2.81. The molecule has 0 aliphatic rings. The number of hydrogen-bond acceptors (Lipinski definition) is 2. The second kappa shape index (κ2) is 5.66. The molecule has 0 heterocycles. The molecule has 0 fully saturated rings. The van der Waals surface area contributed by atoms with Crippen molar-refractivity contribution in [2.24, 2.45) is 0 Å². The van der Waals surface area contributed by atoms with Crippen LogP contribution >= 0.6 is 0 Å². The summed E-state index contributed by atoms with van der Waals surface area (Å²) in [7, 11) is 0. The number of nitrogens with zero attached hydrogens (tertiary/aromatic N) is 1. The van der Waals surface area contributed by atoms with Crippen molar-refractivity contribution in [3.63, 3.8) is 0 Å². The van der Waals surface area contributed by atoms with Crippen LogP contribution in [0.4, 0.5) is 18.9 Å². The van der Waals surface area contributed by atoms with Crippen LogP contribution < -0.4 is 5.32 Å². The second-order valence-corrected chi connectivity index (χ2v) is 4.20. The first-order valence-electron chi connectivity index (χ1n) is 5.90. The molecule has 102 valence electrons. The molecule has 0 aliphatic carbocycles. The minimum atomic E-state index is -4.36. The molecule has 0 saturated carbocycles. The van der Waals surface area contributed by atoms with Crippen LogP contribution in [0.1, 0.15) is 16.7 Å². The summed E-state index contributed by atoms with van der Waals surface area (Å²) in [6.07, 6.45) is -4.36. The van der Waals surface area contributed by atoms with Gasteiger partial charge in [-0.3, -0.25) is 0 Å². The van der Waals surface area contributed by atoms with E-state index in [0.717, 1.165) is 17.7 Å². The number of anilines is 1. The smallest absolute Gasteiger partial charge is 0.381 e. The molecule has 0 radical (unpaired) electrons. The Bertz CT molecular complexity index is 642. The number of nitrogens with one attached hydrogen (secondary N) is 1.